The predicted octanol–water partition coefficient (Wildman–Crippen LogP) is 14.1. The van der Waals surface area contributed by atoms with E-state index in [1.807, 2.05) is 6.07 Å². The second-order valence-corrected chi connectivity index (χ2v) is 15.9. The molecule has 0 radical (unpaired) electrons. The predicted molar refractivity (Wildman–Crippen MR) is 244 cm³/mol. The fourth-order valence-electron chi connectivity index (χ4n) is 10.2. The van der Waals surface area contributed by atoms with Gasteiger partial charge in [0.05, 0.1) is 16.8 Å². The zero-order valence-electron chi connectivity index (χ0n) is 32.8. The van der Waals surface area contributed by atoms with Crippen molar-refractivity contribution in [1.29, 1.82) is 0 Å². The van der Waals surface area contributed by atoms with Crippen LogP contribution in [0, 0.1) is 5.92 Å². The number of hydrogen-bond acceptors (Lipinski definition) is 3. The molecule has 2 heterocycles. The minimum Gasteiger partial charge on any atom is -0.461 e. The summed E-state index contributed by atoms with van der Waals surface area (Å²) in [7, 11) is 0. The van der Waals surface area contributed by atoms with Crippen LogP contribution in [0.1, 0.15) is 23.1 Å². The quantitative estimate of drug-likeness (QED) is 0.175. The molecule has 1 aromatic heterocycles. The summed E-state index contributed by atoms with van der Waals surface area (Å²) in [6.45, 7) is 0. The molecule has 1 aliphatic heterocycles. The lowest BCUT2D eigenvalue weighted by Crippen LogP contribution is -2.42. The van der Waals surface area contributed by atoms with Crippen molar-refractivity contribution in [3.63, 3.8) is 0 Å². The van der Waals surface area contributed by atoms with Crippen LogP contribution in [0.5, 0.6) is 5.75 Å². The van der Waals surface area contributed by atoms with Gasteiger partial charge in [-0.05, 0) is 79.9 Å². The van der Waals surface area contributed by atoms with E-state index in [9.17, 15) is 0 Å². The van der Waals surface area contributed by atoms with Crippen LogP contribution in [0.25, 0.3) is 78.1 Å². The normalized spacial score (nSPS) is 15.4. The summed E-state index contributed by atoms with van der Waals surface area (Å²) in [5, 5.41) is 2.34. The van der Waals surface area contributed by atoms with Crippen LogP contribution in [-0.4, -0.2) is 9.97 Å². The fourth-order valence-corrected chi connectivity index (χ4v) is 10.2. The maximum atomic E-state index is 6.98. The van der Waals surface area contributed by atoms with E-state index in [0.29, 0.717) is 5.82 Å². The average molecular weight is 767 g/mol. The molecule has 1 unspecified atom stereocenters. The van der Waals surface area contributed by atoms with E-state index in [1.54, 1.807) is 0 Å². The molecule has 1 atom stereocenters. The van der Waals surface area contributed by atoms with Crippen molar-refractivity contribution >= 4 is 10.8 Å². The summed E-state index contributed by atoms with van der Waals surface area (Å²) < 4.78 is 6.98. The van der Waals surface area contributed by atoms with Gasteiger partial charge in [0.1, 0.15) is 11.5 Å². The highest BCUT2D eigenvalue weighted by atomic mass is 16.5. The average Bonchev–Trinajstić information content (AvgIpc) is 3.62. The summed E-state index contributed by atoms with van der Waals surface area (Å²) in [5.41, 5.74) is 15.4. The fraction of sp³-hybridized carbons (Fsp3) is 0.0526. The maximum absolute atomic E-state index is 6.98. The highest BCUT2D eigenvalue weighted by Gasteiger charge is 2.55. The summed E-state index contributed by atoms with van der Waals surface area (Å²) in [4.78, 5) is 10.7. The van der Waals surface area contributed by atoms with Crippen LogP contribution in [-0.2, 0) is 5.41 Å². The van der Waals surface area contributed by atoms with E-state index in [1.165, 1.54) is 44.3 Å². The highest BCUT2D eigenvalue weighted by Crippen LogP contribution is 2.63. The van der Waals surface area contributed by atoms with Crippen molar-refractivity contribution < 1.29 is 4.74 Å². The summed E-state index contributed by atoms with van der Waals surface area (Å²) >= 11 is 0. The van der Waals surface area contributed by atoms with Crippen LogP contribution in [0.4, 0.5) is 0 Å². The van der Waals surface area contributed by atoms with Crippen LogP contribution in [0.2, 0.25) is 0 Å². The maximum Gasteiger partial charge on any atom is 0.161 e. The molecule has 8 aromatic carbocycles. The highest BCUT2D eigenvalue weighted by molar-refractivity contribution is 6.05. The second kappa shape index (κ2) is 13.8. The first-order valence-electron chi connectivity index (χ1n) is 20.8. The van der Waals surface area contributed by atoms with Gasteiger partial charge in [-0.15, -0.1) is 0 Å². The Hall–Kier alpha value is -7.62. The number of hydrogen-bond donors (Lipinski definition) is 0. The molecule has 1 spiro atoms. The van der Waals surface area contributed by atoms with E-state index < -0.39 is 0 Å². The molecule has 0 bridgehead atoms. The van der Waals surface area contributed by atoms with Gasteiger partial charge >= 0.3 is 0 Å². The Balaban J connectivity index is 1.04. The lowest BCUT2D eigenvalue weighted by atomic mass is 9.60. The van der Waals surface area contributed by atoms with Gasteiger partial charge < -0.3 is 4.74 Å². The third-order valence-electron chi connectivity index (χ3n) is 12.8. The van der Waals surface area contributed by atoms with Crippen LogP contribution >= 0.6 is 0 Å². The Morgan fingerprint density at radius 2 is 1.02 bits per heavy atom. The molecule has 282 valence electrons. The summed E-state index contributed by atoms with van der Waals surface area (Å²) in [6, 6.07) is 69.5. The number of fused-ring (bicyclic) bond motifs is 10. The van der Waals surface area contributed by atoms with Gasteiger partial charge in [-0.3, -0.25) is 0 Å². The standard InChI is InChI=1S/C57H38N2O/c1-3-17-37(18-4-1)41-32-33-46(43-23-9-8-22-42(41)43)53-36-52(38-19-5-2-6-20-38)58-56(59-53)47-26-10-7-21-40(47)39-31-34-51-55(35-39)60-54-30-16-15-29-50(54)57(51)48-27-13-11-24-44(48)45-25-12-14-28-49(45)57/h1-28,30-36,50H,29H2. The molecule has 0 N–H and O–H groups in total. The second-order valence-electron chi connectivity index (χ2n) is 15.9. The Morgan fingerprint density at radius 1 is 0.433 bits per heavy atom. The van der Waals surface area contributed by atoms with Gasteiger partial charge in [0.25, 0.3) is 0 Å². The van der Waals surface area contributed by atoms with Gasteiger partial charge in [0, 0.05) is 28.2 Å². The third-order valence-corrected chi connectivity index (χ3v) is 12.8. The van der Waals surface area contributed by atoms with Gasteiger partial charge in [-0.25, -0.2) is 9.97 Å². The van der Waals surface area contributed by atoms with Crippen molar-refractivity contribution in [2.24, 2.45) is 5.92 Å². The van der Waals surface area contributed by atoms with Gasteiger partial charge in [0.2, 0.25) is 0 Å². The first-order chi connectivity index (χ1) is 29.8. The SMILES string of the molecule is C1=CCC2C(=C1)Oc1cc(-c3ccccc3-c3nc(-c4ccccc4)cc(-c4ccc(-c5ccccc5)c5ccccc45)n3)ccc1C21c2ccccc2-c2ccccc21. The Morgan fingerprint density at radius 3 is 1.75 bits per heavy atom. The topological polar surface area (TPSA) is 35.0 Å². The van der Waals surface area contributed by atoms with Crippen molar-refractivity contribution in [2.45, 2.75) is 11.8 Å². The number of aromatic nitrogens is 2. The molecule has 0 saturated heterocycles. The first kappa shape index (κ1) is 34.4. The molecule has 60 heavy (non-hydrogen) atoms. The first-order valence-corrected chi connectivity index (χ1v) is 20.8. The zero-order valence-corrected chi connectivity index (χ0v) is 32.8. The van der Waals surface area contributed by atoms with Gasteiger partial charge in [-0.2, -0.15) is 0 Å². The molecule has 0 amide bonds. The van der Waals surface area contributed by atoms with Crippen LogP contribution < -0.4 is 4.74 Å². The number of ether oxygens (including phenoxy) is 1. The van der Waals surface area contributed by atoms with Crippen molar-refractivity contribution in [1.82, 2.24) is 9.97 Å². The van der Waals surface area contributed by atoms with Gasteiger partial charge in [-0.1, -0.05) is 194 Å². The van der Waals surface area contributed by atoms with E-state index in [-0.39, 0.29) is 11.3 Å². The molecule has 3 heteroatoms. The molecule has 2 aliphatic carbocycles. The van der Waals surface area contributed by atoms with Crippen molar-refractivity contribution in [3.8, 4) is 73.0 Å². The summed E-state index contributed by atoms with van der Waals surface area (Å²) in [5.74, 6) is 2.71. The molecule has 12 rings (SSSR count). The minimum atomic E-state index is -0.379. The molecule has 3 nitrogen and oxygen atoms in total. The van der Waals surface area contributed by atoms with Crippen LogP contribution in [0.3, 0.4) is 0 Å². The van der Waals surface area contributed by atoms with Crippen molar-refractivity contribution in [3.05, 3.63) is 235 Å². The van der Waals surface area contributed by atoms with Crippen LogP contribution in [0.15, 0.2) is 218 Å². The van der Waals surface area contributed by atoms with Gasteiger partial charge in [0.15, 0.2) is 5.82 Å². The Labute approximate surface area is 349 Å². The molecule has 0 saturated carbocycles. The number of nitrogens with zero attached hydrogens (tertiary/aromatic N) is 2. The Bertz CT molecular complexity index is 3170. The molecule has 0 fully saturated rings. The largest absolute Gasteiger partial charge is 0.461 e. The van der Waals surface area contributed by atoms with E-state index >= 15 is 0 Å². The molecular weight excluding hydrogens is 729 g/mol. The van der Waals surface area contributed by atoms with E-state index in [0.717, 1.165) is 62.5 Å². The van der Waals surface area contributed by atoms with E-state index in [2.05, 4.69) is 206 Å². The lowest BCUT2D eigenvalue weighted by Gasteiger charge is -2.46. The number of rotatable bonds is 5. The molecule has 3 aliphatic rings. The Kier molecular flexibility index (Phi) is 7.89. The monoisotopic (exact) mass is 766 g/mol. The van der Waals surface area contributed by atoms with Crippen molar-refractivity contribution in [2.75, 3.05) is 0 Å². The van der Waals surface area contributed by atoms with E-state index in [4.69, 9.17) is 14.7 Å². The third kappa shape index (κ3) is 5.22. The molecular formula is C57H38N2O. The minimum absolute atomic E-state index is 0.142. The summed E-state index contributed by atoms with van der Waals surface area (Å²) in [6.07, 6.45) is 7.50. The molecule has 9 aromatic rings. The smallest absolute Gasteiger partial charge is 0.161 e. The number of allylic oxidation sites excluding steroid dienone is 4. The number of benzene rings is 8. The lowest BCUT2D eigenvalue weighted by molar-refractivity contribution is 0.253. The zero-order chi connectivity index (χ0) is 39.6.